The summed E-state index contributed by atoms with van der Waals surface area (Å²) in [5.41, 5.74) is 16.5. The first-order chi connectivity index (χ1) is 29.7. The summed E-state index contributed by atoms with van der Waals surface area (Å²) in [6.45, 7) is 0. The van der Waals surface area contributed by atoms with E-state index in [0.717, 1.165) is 67.3 Å². The molecule has 0 radical (unpaired) electrons. The molecule has 10 rings (SSSR count). The minimum absolute atomic E-state index is 0.682. The first kappa shape index (κ1) is 36.3. The lowest BCUT2D eigenvalue weighted by Gasteiger charge is -2.11. The zero-order valence-electron chi connectivity index (χ0n) is 32.7. The van der Waals surface area contributed by atoms with Crippen molar-refractivity contribution >= 4 is 0 Å². The molecule has 0 bridgehead atoms. The Morgan fingerprint density at radius 2 is 0.350 bits per heavy atom. The van der Waals surface area contributed by atoms with Crippen molar-refractivity contribution in [2.24, 2.45) is 0 Å². The highest BCUT2D eigenvalue weighted by molar-refractivity contribution is 5.77. The van der Waals surface area contributed by atoms with E-state index in [-0.39, 0.29) is 0 Å². The zero-order valence-corrected chi connectivity index (χ0v) is 32.7. The van der Waals surface area contributed by atoms with Crippen LogP contribution in [0.2, 0.25) is 0 Å². The minimum atomic E-state index is 0.682. The van der Waals surface area contributed by atoms with Crippen molar-refractivity contribution < 1.29 is 0 Å². The number of rotatable bonds is 9. The number of aromatic nitrogens is 4. The fourth-order valence-corrected chi connectivity index (χ4v) is 7.51. The molecule has 0 unspecified atom stereocenters. The molecule has 2 heterocycles. The van der Waals surface area contributed by atoms with Crippen molar-refractivity contribution in [2.75, 3.05) is 0 Å². The molecule has 8 aromatic carbocycles. The van der Waals surface area contributed by atoms with Gasteiger partial charge in [0.2, 0.25) is 0 Å². The van der Waals surface area contributed by atoms with Crippen LogP contribution < -0.4 is 0 Å². The highest BCUT2D eigenvalue weighted by atomic mass is 14.9. The van der Waals surface area contributed by atoms with Gasteiger partial charge in [0.15, 0.2) is 11.6 Å². The first-order valence-corrected chi connectivity index (χ1v) is 20.1. The van der Waals surface area contributed by atoms with Gasteiger partial charge in [0, 0.05) is 33.4 Å². The van der Waals surface area contributed by atoms with Gasteiger partial charge in [-0.15, -0.1) is 0 Å². The van der Waals surface area contributed by atoms with Gasteiger partial charge in [-0.1, -0.05) is 218 Å². The van der Waals surface area contributed by atoms with Crippen LogP contribution >= 0.6 is 0 Å². The van der Waals surface area contributed by atoms with Crippen LogP contribution in [0, 0.1) is 0 Å². The van der Waals surface area contributed by atoms with E-state index in [2.05, 4.69) is 182 Å². The van der Waals surface area contributed by atoms with Crippen LogP contribution in [-0.4, -0.2) is 19.9 Å². The Balaban J connectivity index is 0.945. The van der Waals surface area contributed by atoms with E-state index in [1.807, 2.05) is 48.5 Å². The smallest absolute Gasteiger partial charge is 0.160 e. The van der Waals surface area contributed by atoms with E-state index < -0.39 is 0 Å². The molecular weight excluding hydrogens is 729 g/mol. The summed E-state index contributed by atoms with van der Waals surface area (Å²) in [5.74, 6) is 1.36. The normalized spacial score (nSPS) is 11.0. The Morgan fingerprint density at radius 3 is 0.617 bits per heavy atom. The van der Waals surface area contributed by atoms with Crippen LogP contribution in [0.15, 0.2) is 231 Å². The van der Waals surface area contributed by atoms with E-state index in [9.17, 15) is 0 Å². The molecule has 0 aliphatic heterocycles. The molecule has 0 saturated carbocycles. The second-order valence-corrected chi connectivity index (χ2v) is 14.7. The van der Waals surface area contributed by atoms with Crippen LogP contribution in [0.3, 0.4) is 0 Å². The van der Waals surface area contributed by atoms with Crippen molar-refractivity contribution in [3.05, 3.63) is 231 Å². The molecule has 4 nitrogen and oxygen atoms in total. The van der Waals surface area contributed by atoms with Gasteiger partial charge in [-0.05, 0) is 45.5 Å². The fourth-order valence-electron chi connectivity index (χ4n) is 7.51. The highest BCUT2D eigenvalue weighted by Crippen LogP contribution is 2.33. The molecule has 0 fully saturated rings. The SMILES string of the molecule is c1ccc(-c2ccc(-c3cc(-c4ccccc4)nc(-c4ccc(-c5ccc(-c6nc(-c7ccccc7)cc(-c7ccc(-c8ccccc8)cc7)n6)cc5)cc4)n3)cc2)cc1. The minimum Gasteiger partial charge on any atom is -0.228 e. The van der Waals surface area contributed by atoms with E-state index in [0.29, 0.717) is 11.6 Å². The number of nitrogens with zero attached hydrogens (tertiary/aromatic N) is 4. The summed E-state index contributed by atoms with van der Waals surface area (Å²) < 4.78 is 0. The van der Waals surface area contributed by atoms with Crippen molar-refractivity contribution in [1.82, 2.24) is 19.9 Å². The molecular formula is C56H38N4. The standard InChI is InChI=1S/C56H38N4/c1-5-13-39(14-6-1)41-21-29-47(30-22-41)53-37-51(45-17-9-3-10-18-45)57-55(59-53)49-33-25-43(26-34-49)44-27-35-50(36-28-44)56-58-52(46-19-11-4-12-20-46)38-54(60-56)48-31-23-42(24-32-48)40-15-7-2-8-16-40/h1-38H. The van der Waals surface area contributed by atoms with Crippen LogP contribution in [0.1, 0.15) is 0 Å². The van der Waals surface area contributed by atoms with Crippen molar-refractivity contribution in [2.45, 2.75) is 0 Å². The lowest BCUT2D eigenvalue weighted by molar-refractivity contribution is 1.18. The Hall–Kier alpha value is -8.08. The molecule has 60 heavy (non-hydrogen) atoms. The monoisotopic (exact) mass is 766 g/mol. The van der Waals surface area contributed by atoms with Gasteiger partial charge in [-0.3, -0.25) is 0 Å². The third kappa shape index (κ3) is 7.78. The molecule has 0 atom stereocenters. The fraction of sp³-hybridized carbons (Fsp3) is 0. The second-order valence-electron chi connectivity index (χ2n) is 14.7. The number of hydrogen-bond donors (Lipinski definition) is 0. The van der Waals surface area contributed by atoms with E-state index in [4.69, 9.17) is 19.9 Å². The summed E-state index contributed by atoms with van der Waals surface area (Å²) in [6, 6.07) is 79.8. The van der Waals surface area contributed by atoms with E-state index in [1.165, 1.54) is 22.3 Å². The third-order valence-corrected chi connectivity index (χ3v) is 10.8. The predicted octanol–water partition coefficient (Wildman–Crippen LogP) is 14.3. The first-order valence-electron chi connectivity index (χ1n) is 20.1. The summed E-state index contributed by atoms with van der Waals surface area (Å²) in [5, 5.41) is 0. The summed E-state index contributed by atoms with van der Waals surface area (Å²) in [6.07, 6.45) is 0. The van der Waals surface area contributed by atoms with Gasteiger partial charge < -0.3 is 0 Å². The molecule has 0 spiro atoms. The molecule has 282 valence electrons. The maximum atomic E-state index is 5.10. The molecule has 0 N–H and O–H groups in total. The topological polar surface area (TPSA) is 51.6 Å². The van der Waals surface area contributed by atoms with Crippen LogP contribution in [-0.2, 0) is 0 Å². The van der Waals surface area contributed by atoms with Crippen molar-refractivity contribution in [3.8, 4) is 101 Å². The Labute approximate surface area is 350 Å². The van der Waals surface area contributed by atoms with Crippen molar-refractivity contribution in [1.29, 1.82) is 0 Å². The summed E-state index contributed by atoms with van der Waals surface area (Å²) in [4.78, 5) is 20.3. The largest absolute Gasteiger partial charge is 0.228 e. The highest BCUT2D eigenvalue weighted by Gasteiger charge is 2.14. The average molecular weight is 767 g/mol. The lowest BCUT2D eigenvalue weighted by Crippen LogP contribution is -1.96. The van der Waals surface area contributed by atoms with Crippen LogP contribution in [0.4, 0.5) is 0 Å². The molecule has 2 aromatic heterocycles. The maximum Gasteiger partial charge on any atom is 0.160 e. The molecule has 10 aromatic rings. The predicted molar refractivity (Wildman–Crippen MR) is 247 cm³/mol. The van der Waals surface area contributed by atoms with E-state index in [1.54, 1.807) is 0 Å². The third-order valence-electron chi connectivity index (χ3n) is 10.8. The van der Waals surface area contributed by atoms with Crippen molar-refractivity contribution in [3.63, 3.8) is 0 Å². The molecule has 4 heteroatoms. The van der Waals surface area contributed by atoms with Gasteiger partial charge in [-0.2, -0.15) is 0 Å². The van der Waals surface area contributed by atoms with Crippen LogP contribution in [0.25, 0.3) is 101 Å². The van der Waals surface area contributed by atoms with Gasteiger partial charge >= 0.3 is 0 Å². The van der Waals surface area contributed by atoms with Gasteiger partial charge in [0.05, 0.1) is 22.8 Å². The molecule has 0 saturated heterocycles. The Bertz CT molecular complexity index is 2790. The molecule has 0 amide bonds. The number of hydrogen-bond acceptors (Lipinski definition) is 4. The Kier molecular flexibility index (Phi) is 9.92. The zero-order chi connectivity index (χ0) is 40.1. The molecule has 0 aliphatic rings. The van der Waals surface area contributed by atoms with Gasteiger partial charge in [-0.25, -0.2) is 19.9 Å². The van der Waals surface area contributed by atoms with E-state index >= 15 is 0 Å². The lowest BCUT2D eigenvalue weighted by atomic mass is 10.0. The quantitative estimate of drug-likeness (QED) is 0.147. The summed E-state index contributed by atoms with van der Waals surface area (Å²) >= 11 is 0. The number of benzene rings is 8. The van der Waals surface area contributed by atoms with Gasteiger partial charge in [0.1, 0.15) is 0 Å². The summed E-state index contributed by atoms with van der Waals surface area (Å²) in [7, 11) is 0. The Morgan fingerprint density at radius 1 is 0.167 bits per heavy atom. The van der Waals surface area contributed by atoms with Gasteiger partial charge in [0.25, 0.3) is 0 Å². The molecule has 0 aliphatic carbocycles. The second kappa shape index (κ2) is 16.4. The average Bonchev–Trinajstić information content (AvgIpc) is 3.35. The van der Waals surface area contributed by atoms with Crippen LogP contribution in [0.5, 0.6) is 0 Å². The maximum absolute atomic E-state index is 5.10.